The van der Waals surface area contributed by atoms with E-state index in [9.17, 15) is 9.18 Å². The van der Waals surface area contributed by atoms with Gasteiger partial charge >= 0.3 is 0 Å². The van der Waals surface area contributed by atoms with Crippen LogP contribution in [0, 0.1) is 5.82 Å². The van der Waals surface area contributed by atoms with Crippen LogP contribution in [0.4, 0.5) is 15.9 Å². The number of hydrazine groups is 1. The zero-order chi connectivity index (χ0) is 18.8. The molecule has 1 amide bonds. The Morgan fingerprint density at radius 3 is 2.78 bits per heavy atom. The zero-order valence-corrected chi connectivity index (χ0v) is 15.0. The molecule has 2 aliphatic rings. The lowest BCUT2D eigenvalue weighted by Gasteiger charge is -2.18. The standard InChI is InChI=1S/C19H22FN5O2/c1-27-18-14(20)3-2-4-15(18)24-16-7-8-25(19(16)26)17-6-5-12(9-21-17)13-10-22-23-11-13/h2-6,9,13,16,22-24H,7-8,10-11H2,1H3/t16-/m0/s1. The number of aromatic nitrogens is 1. The van der Waals surface area contributed by atoms with E-state index >= 15 is 0 Å². The van der Waals surface area contributed by atoms with E-state index in [0.717, 1.165) is 18.7 Å². The number of carbonyl (C=O) groups excluding carboxylic acids is 1. The van der Waals surface area contributed by atoms with Gasteiger partial charge in [0.1, 0.15) is 11.9 Å². The summed E-state index contributed by atoms with van der Waals surface area (Å²) in [4.78, 5) is 19.0. The molecule has 0 radical (unpaired) electrons. The van der Waals surface area contributed by atoms with Gasteiger partial charge in [-0.15, -0.1) is 0 Å². The molecule has 4 rings (SSSR count). The van der Waals surface area contributed by atoms with Crippen molar-refractivity contribution in [2.24, 2.45) is 0 Å². The summed E-state index contributed by atoms with van der Waals surface area (Å²) in [6.07, 6.45) is 2.44. The van der Waals surface area contributed by atoms with Gasteiger partial charge < -0.3 is 10.1 Å². The molecule has 2 fully saturated rings. The molecule has 1 aromatic carbocycles. The number of rotatable bonds is 5. The SMILES string of the molecule is COc1c(F)cccc1N[C@H]1CCN(c2ccc(C3CNNC3)cn2)C1=O. The van der Waals surface area contributed by atoms with Crippen molar-refractivity contribution < 1.29 is 13.9 Å². The van der Waals surface area contributed by atoms with Crippen molar-refractivity contribution in [3.05, 3.63) is 47.9 Å². The Morgan fingerprint density at radius 1 is 1.26 bits per heavy atom. The molecule has 0 saturated carbocycles. The van der Waals surface area contributed by atoms with Crippen LogP contribution in [0.5, 0.6) is 5.75 Å². The molecule has 0 aliphatic carbocycles. The van der Waals surface area contributed by atoms with Gasteiger partial charge in [-0.3, -0.25) is 20.5 Å². The van der Waals surface area contributed by atoms with Gasteiger partial charge in [0.2, 0.25) is 0 Å². The van der Waals surface area contributed by atoms with Crippen molar-refractivity contribution in [2.75, 3.05) is 37.0 Å². The molecule has 7 nitrogen and oxygen atoms in total. The Balaban J connectivity index is 1.46. The summed E-state index contributed by atoms with van der Waals surface area (Å²) in [5.41, 5.74) is 7.82. The van der Waals surface area contributed by atoms with E-state index < -0.39 is 11.9 Å². The normalized spacial score (nSPS) is 20.3. The van der Waals surface area contributed by atoms with Gasteiger partial charge in [-0.25, -0.2) is 9.37 Å². The van der Waals surface area contributed by atoms with E-state index in [1.807, 2.05) is 18.3 Å². The first-order chi connectivity index (χ1) is 13.2. The maximum Gasteiger partial charge on any atom is 0.250 e. The third kappa shape index (κ3) is 3.45. The van der Waals surface area contributed by atoms with Crippen molar-refractivity contribution in [1.82, 2.24) is 15.8 Å². The van der Waals surface area contributed by atoms with Crippen LogP contribution in [-0.2, 0) is 4.79 Å². The van der Waals surface area contributed by atoms with E-state index in [4.69, 9.17) is 4.74 Å². The van der Waals surface area contributed by atoms with Crippen LogP contribution in [0.15, 0.2) is 36.5 Å². The number of amides is 1. The number of para-hydroxylation sites is 1. The Labute approximate surface area is 156 Å². The molecule has 2 aromatic rings. The average molecular weight is 371 g/mol. The number of nitrogens with one attached hydrogen (secondary N) is 3. The van der Waals surface area contributed by atoms with Gasteiger partial charge in [0.05, 0.1) is 12.8 Å². The minimum absolute atomic E-state index is 0.0780. The minimum atomic E-state index is -0.460. The fourth-order valence-electron chi connectivity index (χ4n) is 3.56. The highest BCUT2D eigenvalue weighted by atomic mass is 19.1. The predicted molar refractivity (Wildman–Crippen MR) is 100 cm³/mol. The molecule has 0 unspecified atom stereocenters. The van der Waals surface area contributed by atoms with E-state index in [1.54, 1.807) is 17.0 Å². The molecule has 0 spiro atoms. The lowest BCUT2D eigenvalue weighted by atomic mass is 10.0. The topological polar surface area (TPSA) is 78.5 Å². The average Bonchev–Trinajstić information content (AvgIpc) is 3.33. The third-order valence-electron chi connectivity index (χ3n) is 5.05. The molecule has 1 atom stereocenters. The summed E-state index contributed by atoms with van der Waals surface area (Å²) in [5, 5.41) is 3.11. The monoisotopic (exact) mass is 371 g/mol. The van der Waals surface area contributed by atoms with E-state index in [-0.39, 0.29) is 11.7 Å². The van der Waals surface area contributed by atoms with Crippen molar-refractivity contribution in [3.63, 3.8) is 0 Å². The number of nitrogens with zero attached hydrogens (tertiary/aromatic N) is 2. The zero-order valence-electron chi connectivity index (χ0n) is 15.0. The summed E-state index contributed by atoms with van der Waals surface area (Å²) in [6.45, 7) is 2.29. The summed E-state index contributed by atoms with van der Waals surface area (Å²) in [7, 11) is 1.41. The van der Waals surface area contributed by atoms with Gasteiger partial charge in [-0.2, -0.15) is 0 Å². The largest absolute Gasteiger partial charge is 0.492 e. The van der Waals surface area contributed by atoms with Crippen LogP contribution in [0.2, 0.25) is 0 Å². The number of ether oxygens (including phenoxy) is 1. The number of hydrogen-bond acceptors (Lipinski definition) is 6. The predicted octanol–water partition coefficient (Wildman–Crippen LogP) is 1.64. The number of anilines is 2. The van der Waals surface area contributed by atoms with Gasteiger partial charge in [-0.05, 0) is 30.2 Å². The van der Waals surface area contributed by atoms with Crippen molar-refractivity contribution in [3.8, 4) is 5.75 Å². The van der Waals surface area contributed by atoms with Gasteiger partial charge in [0.15, 0.2) is 11.6 Å². The van der Waals surface area contributed by atoms with Crippen LogP contribution >= 0.6 is 0 Å². The van der Waals surface area contributed by atoms with Crippen LogP contribution < -0.4 is 25.8 Å². The van der Waals surface area contributed by atoms with E-state index in [2.05, 4.69) is 21.2 Å². The molecule has 3 heterocycles. The highest BCUT2D eigenvalue weighted by Gasteiger charge is 2.34. The van der Waals surface area contributed by atoms with Gasteiger partial charge in [0.25, 0.3) is 5.91 Å². The minimum Gasteiger partial charge on any atom is -0.492 e. The second kappa shape index (κ2) is 7.50. The molecular formula is C19H22FN5O2. The van der Waals surface area contributed by atoms with E-state index in [0.29, 0.717) is 30.4 Å². The first-order valence-corrected chi connectivity index (χ1v) is 8.99. The highest BCUT2D eigenvalue weighted by molar-refractivity contribution is 6.00. The Morgan fingerprint density at radius 2 is 2.07 bits per heavy atom. The second-order valence-corrected chi connectivity index (χ2v) is 6.70. The fourth-order valence-corrected chi connectivity index (χ4v) is 3.56. The summed E-state index contributed by atoms with van der Waals surface area (Å²) >= 11 is 0. The van der Waals surface area contributed by atoms with E-state index in [1.165, 1.54) is 13.2 Å². The van der Waals surface area contributed by atoms with Crippen LogP contribution in [-0.4, -0.2) is 43.7 Å². The maximum atomic E-state index is 13.8. The molecule has 27 heavy (non-hydrogen) atoms. The van der Waals surface area contributed by atoms with Gasteiger partial charge in [0, 0.05) is 31.7 Å². The number of benzene rings is 1. The van der Waals surface area contributed by atoms with Crippen LogP contribution in [0.25, 0.3) is 0 Å². The lowest BCUT2D eigenvalue weighted by molar-refractivity contribution is -0.117. The van der Waals surface area contributed by atoms with Gasteiger partial charge in [-0.1, -0.05) is 12.1 Å². The summed E-state index contributed by atoms with van der Waals surface area (Å²) < 4.78 is 19.0. The fraction of sp³-hybridized carbons (Fsp3) is 0.368. The highest BCUT2D eigenvalue weighted by Crippen LogP contribution is 2.30. The Bertz CT molecular complexity index is 823. The molecule has 2 saturated heterocycles. The maximum absolute atomic E-state index is 13.8. The Kier molecular flexibility index (Phi) is 4.91. The first-order valence-electron chi connectivity index (χ1n) is 8.99. The summed E-state index contributed by atoms with van der Waals surface area (Å²) in [6, 6.07) is 8.08. The molecule has 0 bridgehead atoms. The number of methoxy groups -OCH3 is 1. The number of pyridine rings is 1. The Hall–Kier alpha value is -2.71. The van der Waals surface area contributed by atoms with Crippen molar-refractivity contribution >= 4 is 17.4 Å². The van der Waals surface area contributed by atoms with Crippen molar-refractivity contribution in [1.29, 1.82) is 0 Å². The lowest BCUT2D eigenvalue weighted by Crippen LogP contribution is -2.34. The molecule has 142 valence electrons. The van der Waals surface area contributed by atoms with Crippen molar-refractivity contribution in [2.45, 2.75) is 18.4 Å². The molecular weight excluding hydrogens is 349 g/mol. The molecule has 8 heteroatoms. The molecule has 1 aromatic heterocycles. The molecule has 2 aliphatic heterocycles. The molecule has 3 N–H and O–H groups in total. The number of halogens is 1. The summed E-state index contributed by atoms with van der Waals surface area (Å²) in [5.74, 6) is 0.600. The third-order valence-corrected chi connectivity index (χ3v) is 5.05. The first kappa shape index (κ1) is 17.7. The van der Waals surface area contributed by atoms with Crippen LogP contribution in [0.1, 0.15) is 17.9 Å². The quantitative estimate of drug-likeness (QED) is 0.742. The number of hydrogen-bond donors (Lipinski definition) is 3. The smallest absolute Gasteiger partial charge is 0.250 e. The number of carbonyl (C=O) groups is 1. The second-order valence-electron chi connectivity index (χ2n) is 6.70. The van der Waals surface area contributed by atoms with Crippen LogP contribution in [0.3, 0.4) is 0 Å².